The largest absolute Gasteiger partial charge is 0.513 e. The summed E-state index contributed by atoms with van der Waals surface area (Å²) in [5.41, 5.74) is 3.39. The van der Waals surface area contributed by atoms with Crippen LogP contribution in [0.1, 0.15) is 70.1 Å². The van der Waals surface area contributed by atoms with Gasteiger partial charge in [0.1, 0.15) is 5.75 Å². The second-order valence-corrected chi connectivity index (χ2v) is 7.85. The zero-order chi connectivity index (χ0) is 20.5. The number of unbranched alkanes of at least 4 members (excludes halogenated alkanes) is 3. The van der Waals surface area contributed by atoms with Crippen molar-refractivity contribution in [3.8, 4) is 17.1 Å². The van der Waals surface area contributed by atoms with E-state index in [0.717, 1.165) is 55.8 Å². The Hall–Kier alpha value is -2.43. The van der Waals surface area contributed by atoms with Gasteiger partial charge in [-0.15, -0.1) is 0 Å². The topological polar surface area (TPSA) is 61.3 Å². The lowest BCUT2D eigenvalue weighted by atomic mass is 9.84. The third kappa shape index (κ3) is 6.28. The number of ether oxygens (including phenoxy) is 2. The van der Waals surface area contributed by atoms with E-state index in [1.165, 1.54) is 30.5 Å². The summed E-state index contributed by atoms with van der Waals surface area (Å²) < 4.78 is 10.3. The van der Waals surface area contributed by atoms with Crippen molar-refractivity contribution in [3.05, 3.63) is 41.7 Å². The van der Waals surface area contributed by atoms with Crippen LogP contribution in [0, 0.1) is 5.92 Å². The Labute approximate surface area is 173 Å². The van der Waals surface area contributed by atoms with Crippen molar-refractivity contribution in [2.24, 2.45) is 5.92 Å². The van der Waals surface area contributed by atoms with Gasteiger partial charge >= 0.3 is 6.16 Å². The van der Waals surface area contributed by atoms with Gasteiger partial charge in [0.15, 0.2) is 5.82 Å². The highest BCUT2D eigenvalue weighted by Gasteiger charge is 2.20. The van der Waals surface area contributed by atoms with Crippen LogP contribution in [0.5, 0.6) is 5.75 Å². The SMILES string of the molecule is CCCCCCOC(=O)Oc1ccc(-c2ncc3c(n2)CCC(CCC)C3)cc1. The lowest BCUT2D eigenvalue weighted by Crippen LogP contribution is -2.16. The molecule has 5 nitrogen and oxygen atoms in total. The molecule has 1 aliphatic rings. The molecule has 0 saturated carbocycles. The normalized spacial score (nSPS) is 15.6. The average Bonchev–Trinajstić information content (AvgIpc) is 2.74. The number of benzene rings is 1. The van der Waals surface area contributed by atoms with Crippen LogP contribution in [0.3, 0.4) is 0 Å². The Morgan fingerprint density at radius 1 is 1.10 bits per heavy atom. The van der Waals surface area contributed by atoms with Crippen LogP contribution >= 0.6 is 0 Å². The highest BCUT2D eigenvalue weighted by atomic mass is 16.7. The molecule has 0 aliphatic heterocycles. The predicted molar refractivity (Wildman–Crippen MR) is 114 cm³/mol. The van der Waals surface area contributed by atoms with E-state index in [1.54, 1.807) is 12.1 Å². The molecular weight excluding hydrogens is 364 g/mol. The number of aromatic nitrogens is 2. The number of hydrogen-bond donors (Lipinski definition) is 0. The molecule has 1 aromatic heterocycles. The molecule has 0 amide bonds. The first-order valence-corrected chi connectivity index (χ1v) is 11.0. The van der Waals surface area contributed by atoms with Crippen LogP contribution in [0.25, 0.3) is 11.4 Å². The molecule has 0 fully saturated rings. The molecule has 2 aromatic rings. The maximum Gasteiger partial charge on any atom is 0.513 e. The quantitative estimate of drug-likeness (QED) is 0.289. The zero-order valence-corrected chi connectivity index (χ0v) is 17.7. The fourth-order valence-electron chi connectivity index (χ4n) is 3.86. The minimum atomic E-state index is -0.652. The lowest BCUT2D eigenvalue weighted by Gasteiger charge is -2.23. The Balaban J connectivity index is 1.54. The number of nitrogens with zero attached hydrogens (tertiary/aromatic N) is 2. The fourth-order valence-corrected chi connectivity index (χ4v) is 3.86. The number of hydrogen-bond acceptors (Lipinski definition) is 5. The molecule has 1 aromatic carbocycles. The molecular formula is C24H32N2O3. The van der Waals surface area contributed by atoms with E-state index in [0.29, 0.717) is 12.4 Å². The summed E-state index contributed by atoms with van der Waals surface area (Å²) in [6.07, 6.45) is 11.4. The van der Waals surface area contributed by atoms with Crippen LogP contribution in [0.15, 0.2) is 30.5 Å². The van der Waals surface area contributed by atoms with Crippen LogP contribution in [0.2, 0.25) is 0 Å². The van der Waals surface area contributed by atoms with E-state index >= 15 is 0 Å². The number of aryl methyl sites for hydroxylation is 1. The minimum absolute atomic E-state index is 0.402. The molecule has 1 aliphatic carbocycles. The summed E-state index contributed by atoms with van der Waals surface area (Å²) in [4.78, 5) is 21.1. The minimum Gasteiger partial charge on any atom is -0.434 e. The summed E-state index contributed by atoms with van der Waals surface area (Å²) in [6, 6.07) is 7.28. The molecule has 0 saturated heterocycles. The van der Waals surface area contributed by atoms with E-state index in [1.807, 2.05) is 18.3 Å². The van der Waals surface area contributed by atoms with Crippen LogP contribution < -0.4 is 4.74 Å². The Kier molecular flexibility index (Phi) is 8.03. The van der Waals surface area contributed by atoms with Crippen LogP contribution in [0.4, 0.5) is 4.79 Å². The highest BCUT2D eigenvalue weighted by Crippen LogP contribution is 2.28. The molecule has 0 bridgehead atoms. The van der Waals surface area contributed by atoms with Crippen molar-refractivity contribution in [1.82, 2.24) is 9.97 Å². The van der Waals surface area contributed by atoms with Gasteiger partial charge in [0, 0.05) is 17.5 Å². The van der Waals surface area contributed by atoms with Crippen molar-refractivity contribution in [2.75, 3.05) is 6.61 Å². The summed E-state index contributed by atoms with van der Waals surface area (Å²) in [7, 11) is 0. The van der Waals surface area contributed by atoms with Crippen molar-refractivity contribution in [1.29, 1.82) is 0 Å². The summed E-state index contributed by atoms with van der Waals surface area (Å²) in [5.74, 6) is 1.96. The van der Waals surface area contributed by atoms with Gasteiger partial charge < -0.3 is 9.47 Å². The number of carbonyl (C=O) groups is 1. The summed E-state index contributed by atoms with van der Waals surface area (Å²) >= 11 is 0. The third-order valence-corrected chi connectivity index (χ3v) is 5.48. The second-order valence-electron chi connectivity index (χ2n) is 7.85. The summed E-state index contributed by atoms with van der Waals surface area (Å²) in [5, 5.41) is 0. The molecule has 1 unspecified atom stereocenters. The van der Waals surface area contributed by atoms with Crippen molar-refractivity contribution < 1.29 is 14.3 Å². The molecule has 3 rings (SSSR count). The molecule has 156 valence electrons. The Morgan fingerprint density at radius 2 is 1.93 bits per heavy atom. The van der Waals surface area contributed by atoms with Crippen LogP contribution in [-0.2, 0) is 17.6 Å². The van der Waals surface area contributed by atoms with Gasteiger partial charge in [-0.05, 0) is 61.4 Å². The average molecular weight is 397 g/mol. The molecule has 1 atom stereocenters. The van der Waals surface area contributed by atoms with E-state index in [2.05, 4.69) is 18.8 Å². The molecule has 0 radical (unpaired) electrons. The smallest absolute Gasteiger partial charge is 0.434 e. The monoisotopic (exact) mass is 396 g/mol. The molecule has 0 spiro atoms. The van der Waals surface area contributed by atoms with E-state index < -0.39 is 6.16 Å². The zero-order valence-electron chi connectivity index (χ0n) is 17.7. The number of carbonyl (C=O) groups excluding carboxylic acids is 1. The molecule has 29 heavy (non-hydrogen) atoms. The number of rotatable bonds is 9. The third-order valence-electron chi connectivity index (χ3n) is 5.48. The van der Waals surface area contributed by atoms with Gasteiger partial charge in [-0.3, -0.25) is 0 Å². The fraction of sp³-hybridized carbons (Fsp3) is 0.542. The maximum atomic E-state index is 11.8. The van der Waals surface area contributed by atoms with E-state index in [9.17, 15) is 4.79 Å². The predicted octanol–water partition coefficient (Wildman–Crippen LogP) is 6.14. The van der Waals surface area contributed by atoms with E-state index in [4.69, 9.17) is 14.5 Å². The van der Waals surface area contributed by atoms with Crippen molar-refractivity contribution in [3.63, 3.8) is 0 Å². The van der Waals surface area contributed by atoms with Gasteiger partial charge in [0.05, 0.1) is 6.61 Å². The van der Waals surface area contributed by atoms with Gasteiger partial charge in [-0.2, -0.15) is 0 Å². The van der Waals surface area contributed by atoms with Crippen LogP contribution in [-0.4, -0.2) is 22.7 Å². The Bertz CT molecular complexity index is 789. The molecule has 5 heteroatoms. The number of fused-ring (bicyclic) bond motifs is 1. The lowest BCUT2D eigenvalue weighted by molar-refractivity contribution is 0.0973. The molecule has 0 N–H and O–H groups in total. The summed E-state index contributed by atoms with van der Waals surface area (Å²) in [6.45, 7) is 4.80. The van der Waals surface area contributed by atoms with Gasteiger partial charge in [0.25, 0.3) is 0 Å². The van der Waals surface area contributed by atoms with Gasteiger partial charge in [0.2, 0.25) is 0 Å². The van der Waals surface area contributed by atoms with Gasteiger partial charge in [-0.1, -0.05) is 46.0 Å². The standard InChI is InChI=1S/C24H32N2O3/c1-3-5-6-7-15-28-24(27)29-21-12-10-19(11-13-21)23-25-17-20-16-18(8-4-2)9-14-22(20)26-23/h10-13,17-18H,3-9,14-16H2,1-2H3. The molecule has 1 heterocycles. The first kappa shape index (κ1) is 21.3. The first-order chi connectivity index (χ1) is 14.2. The second kappa shape index (κ2) is 10.9. The van der Waals surface area contributed by atoms with Gasteiger partial charge in [-0.25, -0.2) is 14.8 Å². The van der Waals surface area contributed by atoms with Crippen molar-refractivity contribution in [2.45, 2.75) is 71.6 Å². The van der Waals surface area contributed by atoms with Crippen molar-refractivity contribution >= 4 is 6.16 Å². The van der Waals surface area contributed by atoms with E-state index in [-0.39, 0.29) is 0 Å². The maximum absolute atomic E-state index is 11.8. The highest BCUT2D eigenvalue weighted by molar-refractivity contribution is 5.65. The first-order valence-electron chi connectivity index (χ1n) is 11.0. The Morgan fingerprint density at radius 3 is 2.69 bits per heavy atom.